The SMILES string of the molecule is COc1ccc(NC(N)=NCC(C)(C)N2CCCCC2)cc1Cl. The van der Waals surface area contributed by atoms with Crippen LogP contribution in [0.1, 0.15) is 33.1 Å². The van der Waals surface area contributed by atoms with Gasteiger partial charge in [0.1, 0.15) is 5.75 Å². The van der Waals surface area contributed by atoms with Crippen molar-refractivity contribution in [1.82, 2.24) is 4.90 Å². The number of hydrogen-bond acceptors (Lipinski definition) is 3. The maximum absolute atomic E-state index is 6.11. The molecule has 0 atom stereocenters. The maximum atomic E-state index is 6.11. The molecule has 0 bridgehead atoms. The van der Waals surface area contributed by atoms with Crippen molar-refractivity contribution in [3.63, 3.8) is 0 Å². The zero-order valence-electron chi connectivity index (χ0n) is 14.2. The Hall–Kier alpha value is -1.46. The molecule has 0 radical (unpaired) electrons. The van der Waals surface area contributed by atoms with E-state index in [0.29, 0.717) is 23.3 Å². The van der Waals surface area contributed by atoms with E-state index in [9.17, 15) is 0 Å². The maximum Gasteiger partial charge on any atom is 0.193 e. The molecule has 1 aromatic rings. The Kier molecular flexibility index (Phi) is 6.13. The summed E-state index contributed by atoms with van der Waals surface area (Å²) in [6.07, 6.45) is 3.87. The monoisotopic (exact) mass is 338 g/mol. The average Bonchev–Trinajstić information content (AvgIpc) is 2.54. The second-order valence-electron chi connectivity index (χ2n) is 6.54. The minimum Gasteiger partial charge on any atom is -0.495 e. The van der Waals surface area contributed by atoms with Crippen LogP contribution in [-0.2, 0) is 0 Å². The molecule has 3 N–H and O–H groups in total. The van der Waals surface area contributed by atoms with Gasteiger partial charge in [0.05, 0.1) is 18.7 Å². The van der Waals surface area contributed by atoms with E-state index in [2.05, 4.69) is 29.1 Å². The molecule has 1 saturated heterocycles. The van der Waals surface area contributed by atoms with Gasteiger partial charge in [0.15, 0.2) is 5.96 Å². The molecule has 0 aromatic heterocycles. The normalized spacial score (nSPS) is 17.1. The molecule has 6 heteroatoms. The lowest BCUT2D eigenvalue weighted by molar-refractivity contribution is 0.102. The molecule has 1 aromatic carbocycles. The average molecular weight is 339 g/mol. The Morgan fingerprint density at radius 3 is 2.65 bits per heavy atom. The Morgan fingerprint density at radius 2 is 2.04 bits per heavy atom. The number of aliphatic imine (C=N–C) groups is 1. The fourth-order valence-corrected chi connectivity index (χ4v) is 3.07. The van der Waals surface area contributed by atoms with E-state index in [1.54, 1.807) is 19.2 Å². The number of halogens is 1. The van der Waals surface area contributed by atoms with Crippen LogP contribution in [0.15, 0.2) is 23.2 Å². The molecule has 5 nitrogen and oxygen atoms in total. The highest BCUT2D eigenvalue weighted by molar-refractivity contribution is 6.32. The van der Waals surface area contributed by atoms with Crippen molar-refractivity contribution in [2.24, 2.45) is 10.7 Å². The van der Waals surface area contributed by atoms with Crippen LogP contribution in [0.3, 0.4) is 0 Å². The molecule has 1 aliphatic heterocycles. The van der Waals surface area contributed by atoms with Crippen molar-refractivity contribution in [3.05, 3.63) is 23.2 Å². The first-order valence-electron chi connectivity index (χ1n) is 8.08. The summed E-state index contributed by atoms with van der Waals surface area (Å²) in [6, 6.07) is 5.44. The molecule has 0 amide bonds. The minimum absolute atomic E-state index is 0.0181. The topological polar surface area (TPSA) is 62.9 Å². The summed E-state index contributed by atoms with van der Waals surface area (Å²) >= 11 is 6.11. The predicted molar refractivity (Wildman–Crippen MR) is 97.6 cm³/mol. The first-order chi connectivity index (χ1) is 10.9. The number of piperidine rings is 1. The largest absolute Gasteiger partial charge is 0.495 e. The van der Waals surface area contributed by atoms with Gasteiger partial charge in [-0.15, -0.1) is 0 Å². The van der Waals surface area contributed by atoms with Gasteiger partial charge in [-0.3, -0.25) is 9.89 Å². The molecule has 2 rings (SSSR count). The third kappa shape index (κ3) is 5.01. The smallest absolute Gasteiger partial charge is 0.193 e. The second-order valence-corrected chi connectivity index (χ2v) is 6.94. The van der Waals surface area contributed by atoms with Crippen molar-refractivity contribution in [2.45, 2.75) is 38.6 Å². The molecule has 0 saturated carbocycles. The van der Waals surface area contributed by atoms with E-state index in [4.69, 9.17) is 22.1 Å². The molecule has 128 valence electrons. The molecule has 1 fully saturated rings. The minimum atomic E-state index is 0.0181. The zero-order chi connectivity index (χ0) is 16.9. The quantitative estimate of drug-likeness (QED) is 0.638. The number of nitrogens with zero attached hydrogens (tertiary/aromatic N) is 2. The number of ether oxygens (including phenoxy) is 1. The number of hydrogen-bond donors (Lipinski definition) is 2. The lowest BCUT2D eigenvalue weighted by atomic mass is 9.99. The lowest BCUT2D eigenvalue weighted by Crippen LogP contribution is -2.49. The number of guanidine groups is 1. The lowest BCUT2D eigenvalue weighted by Gasteiger charge is -2.40. The number of nitrogens with two attached hydrogens (primary N) is 1. The van der Waals surface area contributed by atoms with Crippen LogP contribution in [0.2, 0.25) is 5.02 Å². The van der Waals surface area contributed by atoms with Crippen LogP contribution in [0.5, 0.6) is 5.75 Å². The number of anilines is 1. The van der Waals surface area contributed by atoms with Gasteiger partial charge in [-0.1, -0.05) is 18.0 Å². The summed E-state index contributed by atoms with van der Waals surface area (Å²) in [5.74, 6) is 1.04. The summed E-state index contributed by atoms with van der Waals surface area (Å²) in [4.78, 5) is 7.00. The van der Waals surface area contributed by atoms with Crippen molar-refractivity contribution >= 4 is 23.2 Å². The third-order valence-corrected chi connectivity index (χ3v) is 4.57. The van der Waals surface area contributed by atoms with Crippen LogP contribution < -0.4 is 15.8 Å². The molecular weight excluding hydrogens is 312 g/mol. The summed E-state index contributed by atoms with van der Waals surface area (Å²) in [7, 11) is 1.59. The van der Waals surface area contributed by atoms with Crippen LogP contribution >= 0.6 is 11.6 Å². The predicted octanol–water partition coefficient (Wildman–Crippen LogP) is 3.34. The van der Waals surface area contributed by atoms with E-state index in [1.807, 2.05) is 6.07 Å². The van der Waals surface area contributed by atoms with E-state index >= 15 is 0 Å². The fourth-order valence-electron chi connectivity index (χ4n) is 2.81. The van der Waals surface area contributed by atoms with Gasteiger partial charge in [0, 0.05) is 11.2 Å². The van der Waals surface area contributed by atoms with E-state index < -0.39 is 0 Å². The third-order valence-electron chi connectivity index (χ3n) is 4.27. The zero-order valence-corrected chi connectivity index (χ0v) is 15.0. The number of rotatable bonds is 5. The van der Waals surface area contributed by atoms with Crippen molar-refractivity contribution in [1.29, 1.82) is 0 Å². The standard InChI is InChI=1S/C17H27ClN4O/c1-17(2,22-9-5-4-6-10-22)12-20-16(19)21-13-7-8-15(23-3)14(18)11-13/h7-8,11H,4-6,9-10,12H2,1-3H3,(H3,19,20,21). The molecule has 0 spiro atoms. The molecular formula is C17H27ClN4O. The van der Waals surface area contributed by atoms with Crippen LogP contribution in [-0.4, -0.2) is 43.1 Å². The van der Waals surface area contributed by atoms with Gasteiger partial charge in [0.2, 0.25) is 0 Å². The van der Waals surface area contributed by atoms with Crippen LogP contribution in [0.25, 0.3) is 0 Å². The second kappa shape index (κ2) is 7.88. The van der Waals surface area contributed by atoms with Gasteiger partial charge in [-0.05, 0) is 58.0 Å². The molecule has 0 aliphatic carbocycles. The van der Waals surface area contributed by atoms with E-state index in [-0.39, 0.29) is 5.54 Å². The molecule has 0 unspecified atom stereocenters. The van der Waals surface area contributed by atoms with Gasteiger partial charge in [-0.25, -0.2) is 0 Å². The Balaban J connectivity index is 1.95. The van der Waals surface area contributed by atoms with Crippen LogP contribution in [0.4, 0.5) is 5.69 Å². The summed E-state index contributed by atoms with van der Waals surface area (Å²) < 4.78 is 5.14. The summed E-state index contributed by atoms with van der Waals surface area (Å²) in [6.45, 7) is 7.39. The van der Waals surface area contributed by atoms with Gasteiger partial charge < -0.3 is 15.8 Å². The highest BCUT2D eigenvalue weighted by atomic mass is 35.5. The van der Waals surface area contributed by atoms with Gasteiger partial charge in [-0.2, -0.15) is 0 Å². The Labute approximate surface area is 143 Å². The Morgan fingerprint density at radius 1 is 1.35 bits per heavy atom. The van der Waals surface area contributed by atoms with Crippen molar-refractivity contribution < 1.29 is 4.74 Å². The van der Waals surface area contributed by atoms with Crippen molar-refractivity contribution in [2.75, 3.05) is 32.1 Å². The summed E-state index contributed by atoms with van der Waals surface area (Å²) in [5, 5.41) is 3.62. The molecule has 23 heavy (non-hydrogen) atoms. The fraction of sp³-hybridized carbons (Fsp3) is 0.588. The summed E-state index contributed by atoms with van der Waals surface area (Å²) in [5.41, 5.74) is 6.83. The van der Waals surface area contributed by atoms with Crippen molar-refractivity contribution in [3.8, 4) is 5.75 Å². The number of likely N-dealkylation sites (tertiary alicyclic amines) is 1. The molecule has 1 heterocycles. The first kappa shape index (κ1) is 17.9. The molecule has 1 aliphatic rings. The highest BCUT2D eigenvalue weighted by Crippen LogP contribution is 2.27. The number of benzene rings is 1. The van der Waals surface area contributed by atoms with E-state index in [0.717, 1.165) is 18.8 Å². The van der Waals surface area contributed by atoms with Gasteiger partial charge >= 0.3 is 0 Å². The van der Waals surface area contributed by atoms with Gasteiger partial charge in [0.25, 0.3) is 0 Å². The first-order valence-corrected chi connectivity index (χ1v) is 8.46. The highest BCUT2D eigenvalue weighted by Gasteiger charge is 2.27. The number of nitrogens with one attached hydrogen (secondary N) is 1. The number of methoxy groups -OCH3 is 1. The van der Waals surface area contributed by atoms with E-state index in [1.165, 1.54) is 19.3 Å². The Bertz CT molecular complexity index is 554. The van der Waals surface area contributed by atoms with Crippen LogP contribution in [0, 0.1) is 0 Å².